The Bertz CT molecular complexity index is 1240. The maximum absolute atomic E-state index is 12.6. The van der Waals surface area contributed by atoms with E-state index in [1.807, 2.05) is 30.3 Å². The Hall–Kier alpha value is -4.16. The number of carbonyl (C=O) groups is 1. The summed E-state index contributed by atoms with van der Waals surface area (Å²) in [7, 11) is 1.40. The van der Waals surface area contributed by atoms with E-state index in [9.17, 15) is 20.2 Å². The second-order valence-corrected chi connectivity index (χ2v) is 7.64. The molecule has 9 heteroatoms. The highest BCUT2D eigenvalue weighted by Crippen LogP contribution is 2.36. The lowest BCUT2D eigenvalue weighted by molar-refractivity contribution is -0.385. The number of nitrogens with zero attached hydrogens (tertiary/aromatic N) is 2. The van der Waals surface area contributed by atoms with Gasteiger partial charge in [-0.1, -0.05) is 46.3 Å². The van der Waals surface area contributed by atoms with Crippen molar-refractivity contribution in [3.8, 4) is 17.6 Å². The second-order valence-electron chi connectivity index (χ2n) is 6.72. The number of nitro groups is 1. The third kappa shape index (κ3) is 6.18. The highest BCUT2D eigenvalue weighted by Gasteiger charge is 2.21. The standard InChI is InChI=1S/C24H18BrN3O5/c1-32-22-12-17(11-18(14-26)24(29)27-20-9-7-19(25)8-10-20)21(28(30)31)13-23(22)33-15-16-5-3-2-4-6-16/h2-13H,15H2,1H3,(H,27,29)/b18-11-. The van der Waals surface area contributed by atoms with Crippen molar-refractivity contribution in [2.45, 2.75) is 6.61 Å². The van der Waals surface area contributed by atoms with Crippen LogP contribution in [0.25, 0.3) is 6.08 Å². The number of nitro benzene ring substituents is 1. The van der Waals surface area contributed by atoms with Gasteiger partial charge in [0.15, 0.2) is 11.5 Å². The lowest BCUT2D eigenvalue weighted by atomic mass is 10.1. The van der Waals surface area contributed by atoms with E-state index in [1.165, 1.54) is 19.2 Å². The van der Waals surface area contributed by atoms with Crippen LogP contribution in [0.15, 0.2) is 76.8 Å². The minimum atomic E-state index is -0.697. The lowest BCUT2D eigenvalue weighted by Crippen LogP contribution is -2.13. The van der Waals surface area contributed by atoms with Crippen LogP contribution in [-0.4, -0.2) is 17.9 Å². The zero-order valence-corrected chi connectivity index (χ0v) is 19.0. The Morgan fingerprint density at radius 1 is 1.15 bits per heavy atom. The number of nitriles is 1. The van der Waals surface area contributed by atoms with Gasteiger partial charge in [0.1, 0.15) is 18.2 Å². The second kappa shape index (κ2) is 10.9. The first-order valence-electron chi connectivity index (χ1n) is 9.63. The molecule has 0 aromatic heterocycles. The minimum absolute atomic E-state index is 0.0337. The molecule has 0 heterocycles. The highest BCUT2D eigenvalue weighted by atomic mass is 79.9. The number of halogens is 1. The van der Waals surface area contributed by atoms with E-state index in [4.69, 9.17) is 9.47 Å². The Kier molecular flexibility index (Phi) is 7.78. The number of anilines is 1. The first-order chi connectivity index (χ1) is 15.9. The fourth-order valence-electron chi connectivity index (χ4n) is 2.88. The molecule has 0 aliphatic carbocycles. The number of carbonyl (C=O) groups excluding carboxylic acids is 1. The smallest absolute Gasteiger partial charge is 0.280 e. The average molecular weight is 508 g/mol. The third-order valence-corrected chi connectivity index (χ3v) is 5.04. The largest absolute Gasteiger partial charge is 0.493 e. The topological polar surface area (TPSA) is 114 Å². The van der Waals surface area contributed by atoms with Gasteiger partial charge in [-0.2, -0.15) is 5.26 Å². The highest BCUT2D eigenvalue weighted by molar-refractivity contribution is 9.10. The van der Waals surface area contributed by atoms with Crippen molar-refractivity contribution in [1.82, 2.24) is 0 Å². The van der Waals surface area contributed by atoms with Crippen molar-refractivity contribution >= 4 is 39.3 Å². The quantitative estimate of drug-likeness (QED) is 0.186. The van der Waals surface area contributed by atoms with Crippen LogP contribution in [0.5, 0.6) is 11.5 Å². The monoisotopic (exact) mass is 507 g/mol. The molecule has 0 bridgehead atoms. The van der Waals surface area contributed by atoms with Gasteiger partial charge in [0.2, 0.25) is 0 Å². The van der Waals surface area contributed by atoms with Gasteiger partial charge in [0.25, 0.3) is 11.6 Å². The van der Waals surface area contributed by atoms with Crippen LogP contribution in [0.1, 0.15) is 11.1 Å². The number of nitrogens with one attached hydrogen (secondary N) is 1. The van der Waals surface area contributed by atoms with Crippen LogP contribution >= 0.6 is 15.9 Å². The zero-order valence-electron chi connectivity index (χ0n) is 17.4. The Balaban J connectivity index is 1.92. The van der Waals surface area contributed by atoms with E-state index < -0.39 is 10.8 Å². The molecule has 0 fully saturated rings. The van der Waals surface area contributed by atoms with Crippen LogP contribution in [0.4, 0.5) is 11.4 Å². The summed E-state index contributed by atoms with van der Waals surface area (Å²) in [6.07, 6.45) is 1.15. The molecule has 166 valence electrons. The van der Waals surface area contributed by atoms with Crippen LogP contribution in [0.2, 0.25) is 0 Å². The fraction of sp³-hybridized carbons (Fsp3) is 0.0833. The van der Waals surface area contributed by atoms with Gasteiger partial charge in [0.05, 0.1) is 23.7 Å². The molecule has 0 aliphatic heterocycles. The van der Waals surface area contributed by atoms with E-state index >= 15 is 0 Å². The van der Waals surface area contributed by atoms with Crippen LogP contribution in [0, 0.1) is 21.4 Å². The van der Waals surface area contributed by atoms with E-state index in [1.54, 1.807) is 30.3 Å². The van der Waals surface area contributed by atoms with E-state index in [2.05, 4.69) is 21.2 Å². The molecular weight excluding hydrogens is 490 g/mol. The molecule has 0 aliphatic rings. The first kappa shape index (κ1) is 23.5. The van der Waals surface area contributed by atoms with Gasteiger partial charge in [-0.15, -0.1) is 0 Å². The van der Waals surface area contributed by atoms with E-state index in [-0.39, 0.29) is 34.9 Å². The normalized spacial score (nSPS) is 10.8. The Labute approximate surface area is 198 Å². The van der Waals surface area contributed by atoms with Gasteiger partial charge in [-0.25, -0.2) is 0 Å². The maximum Gasteiger partial charge on any atom is 0.280 e. The summed E-state index contributed by atoms with van der Waals surface area (Å²) in [4.78, 5) is 23.6. The summed E-state index contributed by atoms with van der Waals surface area (Å²) in [6, 6.07) is 20.5. The molecule has 0 atom stereocenters. The van der Waals surface area contributed by atoms with Gasteiger partial charge >= 0.3 is 0 Å². The number of benzene rings is 3. The van der Waals surface area contributed by atoms with Gasteiger partial charge in [-0.3, -0.25) is 14.9 Å². The van der Waals surface area contributed by atoms with Crippen LogP contribution in [0.3, 0.4) is 0 Å². The predicted octanol–water partition coefficient (Wildman–Crippen LogP) is 5.49. The summed E-state index contributed by atoms with van der Waals surface area (Å²) in [5, 5.41) is 23.8. The summed E-state index contributed by atoms with van der Waals surface area (Å²) in [5.41, 5.74) is 0.749. The number of methoxy groups -OCH3 is 1. The zero-order chi connectivity index (χ0) is 23.8. The minimum Gasteiger partial charge on any atom is -0.493 e. The molecule has 0 unspecified atom stereocenters. The fourth-order valence-corrected chi connectivity index (χ4v) is 3.15. The summed E-state index contributed by atoms with van der Waals surface area (Å²) in [6.45, 7) is 0.183. The number of ether oxygens (including phenoxy) is 2. The molecule has 0 saturated heterocycles. The molecule has 3 aromatic carbocycles. The number of amides is 1. The Morgan fingerprint density at radius 3 is 2.45 bits per heavy atom. The van der Waals surface area contributed by atoms with Crippen molar-refractivity contribution in [3.63, 3.8) is 0 Å². The van der Waals surface area contributed by atoms with Crippen LogP contribution < -0.4 is 14.8 Å². The van der Waals surface area contributed by atoms with Gasteiger partial charge in [0, 0.05) is 10.2 Å². The molecule has 3 rings (SSSR count). The molecule has 8 nitrogen and oxygen atoms in total. The van der Waals surface area contributed by atoms with Crippen LogP contribution in [-0.2, 0) is 11.4 Å². The maximum atomic E-state index is 12.6. The number of hydrogen-bond donors (Lipinski definition) is 1. The molecule has 33 heavy (non-hydrogen) atoms. The van der Waals surface area contributed by atoms with Crippen molar-refractivity contribution < 1.29 is 19.2 Å². The number of rotatable bonds is 8. The lowest BCUT2D eigenvalue weighted by Gasteiger charge is -2.12. The Morgan fingerprint density at radius 2 is 1.85 bits per heavy atom. The first-order valence-corrected chi connectivity index (χ1v) is 10.4. The predicted molar refractivity (Wildman–Crippen MR) is 127 cm³/mol. The molecule has 0 saturated carbocycles. The molecule has 1 amide bonds. The summed E-state index contributed by atoms with van der Waals surface area (Å²) < 4.78 is 11.9. The summed E-state index contributed by atoms with van der Waals surface area (Å²) >= 11 is 3.30. The van der Waals surface area contributed by atoms with Gasteiger partial charge in [-0.05, 0) is 42.0 Å². The molecule has 3 aromatic rings. The average Bonchev–Trinajstić information content (AvgIpc) is 2.83. The van der Waals surface area contributed by atoms with E-state index in [0.717, 1.165) is 16.1 Å². The third-order valence-electron chi connectivity index (χ3n) is 4.51. The molecule has 1 N–H and O–H groups in total. The summed E-state index contributed by atoms with van der Waals surface area (Å²) in [5.74, 6) is -0.297. The SMILES string of the molecule is COc1cc(/C=C(/C#N)C(=O)Nc2ccc(Br)cc2)c([N+](=O)[O-])cc1OCc1ccccc1. The van der Waals surface area contributed by atoms with E-state index in [0.29, 0.717) is 5.69 Å². The van der Waals surface area contributed by atoms with Crippen molar-refractivity contribution in [1.29, 1.82) is 5.26 Å². The molecule has 0 radical (unpaired) electrons. The molecule has 0 spiro atoms. The van der Waals surface area contributed by atoms with Gasteiger partial charge < -0.3 is 14.8 Å². The van der Waals surface area contributed by atoms with Crippen molar-refractivity contribution in [2.24, 2.45) is 0 Å². The number of hydrogen-bond acceptors (Lipinski definition) is 6. The van der Waals surface area contributed by atoms with Crippen molar-refractivity contribution in [2.75, 3.05) is 12.4 Å². The molecular formula is C24H18BrN3O5. The van der Waals surface area contributed by atoms with Crippen molar-refractivity contribution in [3.05, 3.63) is 98.0 Å².